The number of likely N-dealkylation sites (tertiary alicyclic amines) is 1. The lowest BCUT2D eigenvalue weighted by Gasteiger charge is -2.34. The van der Waals surface area contributed by atoms with Crippen LogP contribution in [0.4, 0.5) is 0 Å². The fourth-order valence-corrected chi connectivity index (χ4v) is 2.27. The van der Waals surface area contributed by atoms with Crippen molar-refractivity contribution >= 4 is 0 Å². The van der Waals surface area contributed by atoms with Crippen molar-refractivity contribution in [3.63, 3.8) is 0 Å². The Morgan fingerprint density at radius 1 is 1.46 bits per heavy atom. The van der Waals surface area contributed by atoms with E-state index in [4.69, 9.17) is 5.26 Å². The van der Waals surface area contributed by atoms with Crippen LogP contribution in [0.2, 0.25) is 0 Å². The van der Waals surface area contributed by atoms with Crippen LogP contribution >= 0.6 is 0 Å². The first kappa shape index (κ1) is 10.5. The van der Waals surface area contributed by atoms with Gasteiger partial charge >= 0.3 is 0 Å². The first-order valence-corrected chi connectivity index (χ1v) is 5.16. The van der Waals surface area contributed by atoms with E-state index >= 15 is 0 Å². The van der Waals surface area contributed by atoms with Crippen LogP contribution in [0.3, 0.4) is 0 Å². The first-order valence-electron chi connectivity index (χ1n) is 5.16. The summed E-state index contributed by atoms with van der Waals surface area (Å²) < 4.78 is 0. The largest absolute Gasteiger partial charge is 0.299 e. The van der Waals surface area contributed by atoms with E-state index in [9.17, 15) is 0 Å². The predicted octanol–water partition coefficient (Wildman–Crippen LogP) is 2.41. The minimum atomic E-state index is 0.367. The molecule has 1 aliphatic heterocycles. The van der Waals surface area contributed by atoms with Crippen molar-refractivity contribution < 1.29 is 0 Å². The van der Waals surface area contributed by atoms with Gasteiger partial charge in [0.2, 0.25) is 0 Å². The summed E-state index contributed by atoms with van der Waals surface area (Å²) >= 11 is 0. The fraction of sp³-hybridized carbons (Fsp3) is 0.909. The topological polar surface area (TPSA) is 27.0 Å². The zero-order valence-electron chi connectivity index (χ0n) is 9.01. The molecule has 2 heteroatoms. The van der Waals surface area contributed by atoms with Crippen LogP contribution in [-0.2, 0) is 0 Å². The highest BCUT2D eigenvalue weighted by Gasteiger charge is 2.33. The van der Waals surface area contributed by atoms with E-state index in [2.05, 4.69) is 31.7 Å². The molecule has 0 amide bonds. The summed E-state index contributed by atoms with van der Waals surface area (Å²) in [5.74, 6) is 0. The van der Waals surface area contributed by atoms with Gasteiger partial charge in [-0.2, -0.15) is 5.26 Å². The van der Waals surface area contributed by atoms with Gasteiger partial charge in [0.15, 0.2) is 0 Å². The maximum atomic E-state index is 8.54. The Morgan fingerprint density at radius 2 is 2.15 bits per heavy atom. The molecular formula is C11H20N2. The smallest absolute Gasteiger partial charge is 0.0635 e. The highest BCUT2D eigenvalue weighted by molar-refractivity contribution is 4.89. The third kappa shape index (κ3) is 2.70. The van der Waals surface area contributed by atoms with Crippen molar-refractivity contribution in [2.75, 3.05) is 13.1 Å². The maximum absolute atomic E-state index is 8.54. The van der Waals surface area contributed by atoms with Gasteiger partial charge in [-0.1, -0.05) is 20.8 Å². The second-order valence-electron chi connectivity index (χ2n) is 4.97. The van der Waals surface area contributed by atoms with Crippen LogP contribution in [0.1, 0.15) is 40.0 Å². The highest BCUT2D eigenvalue weighted by atomic mass is 15.2. The lowest BCUT2D eigenvalue weighted by atomic mass is 9.85. The second kappa shape index (κ2) is 4.11. The number of rotatable bonds is 2. The van der Waals surface area contributed by atoms with Crippen LogP contribution in [-0.4, -0.2) is 24.0 Å². The molecule has 1 fully saturated rings. The molecule has 1 aliphatic rings. The average molecular weight is 180 g/mol. The Kier molecular flexibility index (Phi) is 3.33. The Balaban J connectivity index is 2.50. The number of hydrogen-bond acceptors (Lipinski definition) is 2. The molecule has 0 N–H and O–H groups in total. The van der Waals surface area contributed by atoms with Gasteiger partial charge in [0, 0.05) is 19.0 Å². The molecule has 0 aromatic carbocycles. The standard InChI is InChI=1S/C11H20N2/c1-11(2,3)10-6-4-8-13(10)9-5-7-12/h10H,4-6,8-9H2,1-3H3. The van der Waals surface area contributed by atoms with Crippen molar-refractivity contribution in [1.29, 1.82) is 5.26 Å². The molecule has 0 aromatic heterocycles. The van der Waals surface area contributed by atoms with Crippen LogP contribution in [0.25, 0.3) is 0 Å². The lowest BCUT2D eigenvalue weighted by Crippen LogP contribution is -2.39. The molecule has 0 aromatic rings. The SMILES string of the molecule is CC(C)(C)C1CCCN1CCC#N. The summed E-state index contributed by atoms with van der Waals surface area (Å²) in [6.07, 6.45) is 3.27. The van der Waals surface area contributed by atoms with Gasteiger partial charge in [0.1, 0.15) is 0 Å². The van der Waals surface area contributed by atoms with E-state index in [1.165, 1.54) is 19.4 Å². The monoisotopic (exact) mass is 180 g/mol. The van der Waals surface area contributed by atoms with Gasteiger partial charge in [-0.3, -0.25) is 4.90 Å². The Hall–Kier alpha value is -0.550. The molecule has 13 heavy (non-hydrogen) atoms. The quantitative estimate of drug-likeness (QED) is 0.652. The fourth-order valence-electron chi connectivity index (χ4n) is 2.27. The zero-order valence-corrected chi connectivity index (χ0v) is 9.01. The van der Waals surface area contributed by atoms with E-state index in [-0.39, 0.29) is 0 Å². The van der Waals surface area contributed by atoms with Crippen molar-refractivity contribution in [2.45, 2.75) is 46.1 Å². The van der Waals surface area contributed by atoms with Crippen LogP contribution in [0, 0.1) is 16.7 Å². The molecule has 1 saturated heterocycles. The van der Waals surface area contributed by atoms with Gasteiger partial charge in [-0.05, 0) is 24.8 Å². The van der Waals surface area contributed by atoms with Gasteiger partial charge in [0.05, 0.1) is 6.07 Å². The molecule has 1 rings (SSSR count). The van der Waals surface area contributed by atoms with E-state index in [0.717, 1.165) is 6.54 Å². The van der Waals surface area contributed by atoms with Gasteiger partial charge < -0.3 is 0 Å². The van der Waals surface area contributed by atoms with E-state index in [1.807, 2.05) is 0 Å². The third-order valence-corrected chi connectivity index (χ3v) is 2.87. The van der Waals surface area contributed by atoms with Crippen molar-refractivity contribution in [2.24, 2.45) is 5.41 Å². The Morgan fingerprint density at radius 3 is 2.69 bits per heavy atom. The summed E-state index contributed by atoms with van der Waals surface area (Å²) in [6.45, 7) is 9.02. The van der Waals surface area contributed by atoms with E-state index < -0.39 is 0 Å². The Labute approximate surface area is 81.5 Å². The summed E-state index contributed by atoms with van der Waals surface area (Å²) in [4.78, 5) is 2.48. The van der Waals surface area contributed by atoms with E-state index in [0.29, 0.717) is 17.9 Å². The summed E-state index contributed by atoms with van der Waals surface area (Å²) in [6, 6.07) is 2.91. The molecule has 1 heterocycles. The molecule has 2 nitrogen and oxygen atoms in total. The number of hydrogen-bond donors (Lipinski definition) is 0. The van der Waals surface area contributed by atoms with Gasteiger partial charge in [0.25, 0.3) is 0 Å². The highest BCUT2D eigenvalue weighted by Crippen LogP contribution is 2.32. The van der Waals surface area contributed by atoms with Crippen molar-refractivity contribution in [3.8, 4) is 6.07 Å². The van der Waals surface area contributed by atoms with Gasteiger partial charge in [-0.25, -0.2) is 0 Å². The maximum Gasteiger partial charge on any atom is 0.0635 e. The van der Waals surface area contributed by atoms with Crippen LogP contribution in [0.15, 0.2) is 0 Å². The van der Waals surface area contributed by atoms with Gasteiger partial charge in [-0.15, -0.1) is 0 Å². The molecule has 1 unspecified atom stereocenters. The second-order valence-corrected chi connectivity index (χ2v) is 4.97. The average Bonchev–Trinajstić information content (AvgIpc) is 2.47. The molecule has 1 atom stereocenters. The molecule has 0 aliphatic carbocycles. The molecule has 0 saturated carbocycles. The van der Waals surface area contributed by atoms with E-state index in [1.54, 1.807) is 0 Å². The Bertz CT molecular complexity index is 197. The predicted molar refractivity (Wildman–Crippen MR) is 54.3 cm³/mol. The van der Waals surface area contributed by atoms with Crippen molar-refractivity contribution in [1.82, 2.24) is 4.90 Å². The zero-order chi connectivity index (χ0) is 9.90. The molecular weight excluding hydrogens is 160 g/mol. The first-order chi connectivity index (χ1) is 6.05. The lowest BCUT2D eigenvalue weighted by molar-refractivity contribution is 0.143. The summed E-state index contributed by atoms with van der Waals surface area (Å²) in [5, 5.41) is 8.54. The molecule has 0 bridgehead atoms. The number of nitrogens with zero attached hydrogens (tertiary/aromatic N) is 2. The summed E-state index contributed by atoms with van der Waals surface area (Å²) in [7, 11) is 0. The molecule has 0 spiro atoms. The third-order valence-electron chi connectivity index (χ3n) is 2.87. The minimum Gasteiger partial charge on any atom is -0.299 e. The normalized spacial score (nSPS) is 24.6. The molecule has 74 valence electrons. The van der Waals surface area contributed by atoms with Crippen molar-refractivity contribution in [3.05, 3.63) is 0 Å². The van der Waals surface area contributed by atoms with Crippen LogP contribution in [0.5, 0.6) is 0 Å². The summed E-state index contributed by atoms with van der Waals surface area (Å²) in [5.41, 5.74) is 0.367. The van der Waals surface area contributed by atoms with Crippen LogP contribution < -0.4 is 0 Å². The minimum absolute atomic E-state index is 0.367. The molecule has 0 radical (unpaired) electrons. The number of nitriles is 1.